The lowest BCUT2D eigenvalue weighted by Gasteiger charge is -2.17. The van der Waals surface area contributed by atoms with Gasteiger partial charge >= 0.3 is 0 Å². The third-order valence-corrected chi connectivity index (χ3v) is 5.50. The van der Waals surface area contributed by atoms with Crippen LogP contribution in [0.15, 0.2) is 35.4 Å². The fourth-order valence-electron chi connectivity index (χ4n) is 3.13. The van der Waals surface area contributed by atoms with Gasteiger partial charge in [0.1, 0.15) is 5.69 Å². The molecule has 1 saturated heterocycles. The largest absolute Gasteiger partial charge is 0.347 e. The highest BCUT2D eigenvalue weighted by atomic mass is 32.1. The van der Waals surface area contributed by atoms with Gasteiger partial charge in [0.25, 0.3) is 11.5 Å². The van der Waals surface area contributed by atoms with Crippen molar-refractivity contribution < 1.29 is 4.79 Å². The molecule has 0 aromatic carbocycles. The van der Waals surface area contributed by atoms with Crippen molar-refractivity contribution in [2.24, 2.45) is 0 Å². The summed E-state index contributed by atoms with van der Waals surface area (Å²) in [6.07, 6.45) is 8.06. The molecule has 1 aliphatic rings. The summed E-state index contributed by atoms with van der Waals surface area (Å²) in [5.41, 5.74) is 0.644. The lowest BCUT2D eigenvalue weighted by atomic mass is 10.2. The van der Waals surface area contributed by atoms with Gasteiger partial charge < -0.3 is 10.2 Å². The number of aromatic nitrogens is 4. The summed E-state index contributed by atoms with van der Waals surface area (Å²) in [6.45, 7) is 2.20. The number of fused-ring (bicyclic) bond motifs is 1. The Hall–Kier alpha value is -2.81. The topological polar surface area (TPSA) is 92.5 Å². The van der Waals surface area contributed by atoms with Gasteiger partial charge in [-0.15, -0.1) is 5.10 Å². The minimum Gasteiger partial charge on any atom is -0.347 e. The molecule has 0 unspecified atom stereocenters. The van der Waals surface area contributed by atoms with Gasteiger partial charge in [-0.05, 0) is 24.5 Å². The van der Waals surface area contributed by atoms with Gasteiger partial charge in [0.05, 0.1) is 0 Å². The number of pyridine rings is 1. The van der Waals surface area contributed by atoms with Crippen molar-refractivity contribution in [3.8, 4) is 0 Å². The second-order valence-electron chi connectivity index (χ2n) is 6.50. The zero-order chi connectivity index (χ0) is 18.6. The Balaban J connectivity index is 1.61. The second kappa shape index (κ2) is 7.83. The molecule has 9 heteroatoms. The Morgan fingerprint density at radius 2 is 2.04 bits per heavy atom. The van der Waals surface area contributed by atoms with Gasteiger partial charge in [0, 0.05) is 38.1 Å². The van der Waals surface area contributed by atoms with E-state index in [1.807, 2.05) is 12.1 Å². The average molecular weight is 384 g/mol. The fourth-order valence-corrected chi connectivity index (χ4v) is 4.09. The summed E-state index contributed by atoms with van der Waals surface area (Å²) in [4.78, 5) is 35.3. The van der Waals surface area contributed by atoms with Crippen LogP contribution in [0.25, 0.3) is 4.96 Å². The second-order valence-corrected chi connectivity index (χ2v) is 7.44. The molecule has 140 valence electrons. The smallest absolute Gasteiger partial charge is 0.274 e. The lowest BCUT2D eigenvalue weighted by molar-refractivity contribution is 0.0943. The van der Waals surface area contributed by atoms with Crippen LogP contribution >= 0.6 is 11.3 Å². The van der Waals surface area contributed by atoms with E-state index < -0.39 is 5.56 Å². The van der Waals surface area contributed by atoms with Crippen molar-refractivity contribution in [1.82, 2.24) is 24.9 Å². The molecular weight excluding hydrogens is 364 g/mol. The maximum Gasteiger partial charge on any atom is 0.274 e. The van der Waals surface area contributed by atoms with Gasteiger partial charge in [0.15, 0.2) is 0 Å². The van der Waals surface area contributed by atoms with Crippen molar-refractivity contribution in [3.05, 3.63) is 52.2 Å². The normalized spacial score (nSPS) is 14.9. The highest BCUT2D eigenvalue weighted by Gasteiger charge is 2.19. The number of carbonyl (C=O) groups is 1. The predicted octanol–water partition coefficient (Wildman–Crippen LogP) is 1.86. The first-order valence-corrected chi connectivity index (χ1v) is 9.85. The Morgan fingerprint density at radius 3 is 2.78 bits per heavy atom. The molecule has 0 atom stereocenters. The molecule has 1 amide bonds. The maximum absolute atomic E-state index is 12.7. The molecule has 1 aliphatic heterocycles. The molecule has 27 heavy (non-hydrogen) atoms. The number of carbonyl (C=O) groups excluding carboxylic acids is 1. The third-order valence-electron chi connectivity index (χ3n) is 4.53. The van der Waals surface area contributed by atoms with Crippen LogP contribution in [0.3, 0.4) is 0 Å². The lowest BCUT2D eigenvalue weighted by Crippen LogP contribution is -2.28. The van der Waals surface area contributed by atoms with Gasteiger partial charge in [0.2, 0.25) is 10.1 Å². The van der Waals surface area contributed by atoms with Crippen LogP contribution in [0.1, 0.15) is 41.7 Å². The Kier molecular flexibility index (Phi) is 5.10. The van der Waals surface area contributed by atoms with Crippen LogP contribution in [0, 0.1) is 0 Å². The van der Waals surface area contributed by atoms with Crippen LogP contribution in [-0.2, 0) is 6.54 Å². The first-order valence-electron chi connectivity index (χ1n) is 9.04. The van der Waals surface area contributed by atoms with Crippen molar-refractivity contribution in [3.63, 3.8) is 0 Å². The summed E-state index contributed by atoms with van der Waals surface area (Å²) in [6, 6.07) is 4.92. The molecule has 0 spiro atoms. The SMILES string of the molecule is O=C(NCc1cccnc1)c1cc(=O)nc2sc(N3CCCCCC3)nn12. The fraction of sp³-hybridized carbons (Fsp3) is 0.389. The zero-order valence-corrected chi connectivity index (χ0v) is 15.6. The molecule has 0 radical (unpaired) electrons. The number of nitrogens with zero attached hydrogens (tertiary/aromatic N) is 5. The average Bonchev–Trinajstić information content (AvgIpc) is 2.92. The molecule has 1 N–H and O–H groups in total. The van der Waals surface area contributed by atoms with Crippen LogP contribution in [0.5, 0.6) is 0 Å². The van der Waals surface area contributed by atoms with Crippen LogP contribution < -0.4 is 15.8 Å². The van der Waals surface area contributed by atoms with Crippen LogP contribution in [0.4, 0.5) is 5.13 Å². The van der Waals surface area contributed by atoms with Crippen molar-refractivity contribution in [2.45, 2.75) is 32.2 Å². The van der Waals surface area contributed by atoms with E-state index in [1.165, 1.54) is 34.8 Å². The number of amides is 1. The summed E-state index contributed by atoms with van der Waals surface area (Å²) < 4.78 is 1.48. The van der Waals surface area contributed by atoms with Crippen LogP contribution in [-0.4, -0.2) is 38.6 Å². The van der Waals surface area contributed by atoms with E-state index in [4.69, 9.17) is 0 Å². The van der Waals surface area contributed by atoms with E-state index in [2.05, 4.69) is 25.3 Å². The molecule has 8 nitrogen and oxygen atoms in total. The van der Waals surface area contributed by atoms with Crippen molar-refractivity contribution in [2.75, 3.05) is 18.0 Å². The highest BCUT2D eigenvalue weighted by molar-refractivity contribution is 7.20. The van der Waals surface area contributed by atoms with E-state index in [-0.39, 0.29) is 11.6 Å². The Labute approximate surface area is 159 Å². The van der Waals surface area contributed by atoms with E-state index >= 15 is 0 Å². The van der Waals surface area contributed by atoms with E-state index in [0.29, 0.717) is 11.5 Å². The minimum absolute atomic E-state index is 0.200. The number of hydrogen-bond acceptors (Lipinski definition) is 7. The summed E-state index contributed by atoms with van der Waals surface area (Å²) >= 11 is 1.35. The summed E-state index contributed by atoms with van der Waals surface area (Å²) in [5.74, 6) is -0.360. The minimum atomic E-state index is -0.437. The van der Waals surface area contributed by atoms with Gasteiger partial charge in [-0.1, -0.05) is 30.2 Å². The first kappa shape index (κ1) is 17.6. The van der Waals surface area contributed by atoms with E-state index in [0.717, 1.165) is 36.6 Å². The van der Waals surface area contributed by atoms with E-state index in [9.17, 15) is 9.59 Å². The zero-order valence-electron chi connectivity index (χ0n) is 14.8. The quantitative estimate of drug-likeness (QED) is 0.738. The Morgan fingerprint density at radius 1 is 1.22 bits per heavy atom. The molecule has 1 fully saturated rings. The van der Waals surface area contributed by atoms with Crippen molar-refractivity contribution in [1.29, 1.82) is 0 Å². The molecule has 4 rings (SSSR count). The monoisotopic (exact) mass is 384 g/mol. The molecule has 4 heterocycles. The molecule has 0 saturated carbocycles. The maximum atomic E-state index is 12.7. The van der Waals surface area contributed by atoms with Crippen LogP contribution in [0.2, 0.25) is 0 Å². The number of rotatable bonds is 4. The Bertz CT molecular complexity index is 992. The van der Waals surface area contributed by atoms with Crippen molar-refractivity contribution >= 4 is 27.3 Å². The molecule has 3 aromatic rings. The molecule has 0 bridgehead atoms. The molecular formula is C18H20N6O2S. The third kappa shape index (κ3) is 3.97. The summed E-state index contributed by atoms with van der Waals surface area (Å²) in [5, 5.41) is 8.20. The molecule has 0 aliphatic carbocycles. The molecule has 3 aromatic heterocycles. The van der Waals surface area contributed by atoms with Gasteiger partial charge in [-0.3, -0.25) is 14.6 Å². The standard InChI is InChI=1S/C18H20N6O2S/c25-15-10-14(16(26)20-12-13-6-5-7-19-11-13)24-17(21-15)27-18(22-24)23-8-3-1-2-4-9-23/h5-7,10-11H,1-4,8-9,12H2,(H,20,26). The van der Waals surface area contributed by atoms with Gasteiger partial charge in [-0.25, -0.2) is 0 Å². The highest BCUT2D eigenvalue weighted by Crippen LogP contribution is 2.25. The first-order chi connectivity index (χ1) is 13.2. The number of hydrogen-bond donors (Lipinski definition) is 1. The van der Waals surface area contributed by atoms with E-state index in [1.54, 1.807) is 12.4 Å². The number of anilines is 1. The van der Waals surface area contributed by atoms with Gasteiger partial charge in [-0.2, -0.15) is 9.50 Å². The summed E-state index contributed by atoms with van der Waals surface area (Å²) in [7, 11) is 0. The predicted molar refractivity (Wildman–Crippen MR) is 103 cm³/mol. The number of nitrogens with one attached hydrogen (secondary N) is 1.